The van der Waals surface area contributed by atoms with E-state index in [2.05, 4.69) is 35.5 Å². The Labute approximate surface area is 206 Å². The molecule has 0 unspecified atom stereocenters. The lowest BCUT2D eigenvalue weighted by atomic mass is 9.99. The van der Waals surface area contributed by atoms with Crippen molar-refractivity contribution in [3.05, 3.63) is 81.7 Å². The van der Waals surface area contributed by atoms with E-state index in [1.165, 1.54) is 5.56 Å². The highest BCUT2D eigenvalue weighted by Gasteiger charge is 2.27. The number of aryl methyl sites for hydroxylation is 4. The standard InChI is InChI=1S/C28H33N5O2/c1-19-4-8-25-23(14-19)16-26-24(17-30-31(26)3)18-33(25)28(35)22-6-5-21(20(2)15-22)7-9-27(34)32-12-10-29-11-13-32/h4-6,8,14-15,17,29H,7,9-13,16,18H2,1-3H3. The van der Waals surface area contributed by atoms with Crippen LogP contribution < -0.4 is 10.2 Å². The molecule has 0 saturated carbocycles. The maximum absolute atomic E-state index is 13.8. The van der Waals surface area contributed by atoms with E-state index in [1.54, 1.807) is 0 Å². The number of aromatic nitrogens is 2. The molecule has 0 bridgehead atoms. The number of rotatable bonds is 4. The van der Waals surface area contributed by atoms with Crippen LogP contribution in [0.25, 0.3) is 0 Å². The summed E-state index contributed by atoms with van der Waals surface area (Å²) < 4.78 is 1.91. The van der Waals surface area contributed by atoms with Gasteiger partial charge in [0.15, 0.2) is 0 Å². The maximum Gasteiger partial charge on any atom is 0.258 e. The number of nitrogens with one attached hydrogen (secondary N) is 1. The molecule has 1 fully saturated rings. The lowest BCUT2D eigenvalue weighted by molar-refractivity contribution is -0.131. The molecule has 2 aromatic carbocycles. The van der Waals surface area contributed by atoms with Crippen LogP contribution in [0.3, 0.4) is 0 Å². The first-order valence-electron chi connectivity index (χ1n) is 12.4. The molecule has 7 heteroatoms. The van der Waals surface area contributed by atoms with Crippen LogP contribution in [0.4, 0.5) is 5.69 Å². The number of carbonyl (C=O) groups is 2. The molecule has 5 rings (SSSR count). The van der Waals surface area contributed by atoms with Crippen LogP contribution in [-0.2, 0) is 31.2 Å². The minimum Gasteiger partial charge on any atom is -0.340 e. The molecule has 2 amide bonds. The van der Waals surface area contributed by atoms with Crippen molar-refractivity contribution < 1.29 is 9.59 Å². The van der Waals surface area contributed by atoms with Gasteiger partial charge in [-0.05, 0) is 55.2 Å². The number of hydrogen-bond acceptors (Lipinski definition) is 4. The van der Waals surface area contributed by atoms with Crippen LogP contribution in [0.2, 0.25) is 0 Å². The summed E-state index contributed by atoms with van der Waals surface area (Å²) in [6.07, 6.45) is 3.81. The van der Waals surface area contributed by atoms with E-state index in [0.29, 0.717) is 24.9 Å². The summed E-state index contributed by atoms with van der Waals surface area (Å²) in [6.45, 7) is 7.89. The van der Waals surface area contributed by atoms with Gasteiger partial charge in [0.1, 0.15) is 0 Å². The molecule has 1 saturated heterocycles. The van der Waals surface area contributed by atoms with Crippen molar-refractivity contribution in [2.75, 3.05) is 31.1 Å². The number of hydrogen-bond donors (Lipinski definition) is 1. The van der Waals surface area contributed by atoms with Crippen molar-refractivity contribution in [3.8, 4) is 0 Å². The number of anilines is 1. The van der Waals surface area contributed by atoms with Crippen molar-refractivity contribution in [1.82, 2.24) is 20.0 Å². The molecule has 182 valence electrons. The van der Waals surface area contributed by atoms with Gasteiger partial charge in [-0.25, -0.2) is 0 Å². The van der Waals surface area contributed by atoms with Gasteiger partial charge in [-0.1, -0.05) is 23.8 Å². The number of piperazine rings is 1. The Hall–Kier alpha value is -3.45. The van der Waals surface area contributed by atoms with Crippen molar-refractivity contribution in [2.24, 2.45) is 7.05 Å². The second-order valence-corrected chi connectivity index (χ2v) is 9.71. The molecule has 3 heterocycles. The summed E-state index contributed by atoms with van der Waals surface area (Å²) in [4.78, 5) is 30.2. The Kier molecular flexibility index (Phi) is 6.43. The third-order valence-electron chi connectivity index (χ3n) is 7.27. The summed E-state index contributed by atoms with van der Waals surface area (Å²) in [6, 6.07) is 12.2. The molecule has 2 aliphatic rings. The van der Waals surface area contributed by atoms with E-state index in [0.717, 1.165) is 66.2 Å². The first-order valence-corrected chi connectivity index (χ1v) is 12.4. The summed E-state index contributed by atoms with van der Waals surface area (Å²) in [5, 5.41) is 7.72. The Bertz CT molecular complexity index is 1270. The molecular formula is C28H33N5O2. The predicted octanol–water partition coefficient (Wildman–Crippen LogP) is 3.15. The van der Waals surface area contributed by atoms with Gasteiger partial charge < -0.3 is 15.1 Å². The molecule has 35 heavy (non-hydrogen) atoms. The van der Waals surface area contributed by atoms with Gasteiger partial charge in [0.25, 0.3) is 5.91 Å². The summed E-state index contributed by atoms with van der Waals surface area (Å²) in [5.74, 6) is 0.188. The molecule has 0 aliphatic carbocycles. The average Bonchev–Trinajstić information content (AvgIpc) is 3.11. The highest BCUT2D eigenvalue weighted by Crippen LogP contribution is 2.32. The van der Waals surface area contributed by atoms with Crippen molar-refractivity contribution in [2.45, 2.75) is 39.7 Å². The summed E-state index contributed by atoms with van der Waals surface area (Å²) in [7, 11) is 1.96. The topological polar surface area (TPSA) is 70.5 Å². The Morgan fingerprint density at radius 1 is 1.03 bits per heavy atom. The van der Waals surface area contributed by atoms with Crippen molar-refractivity contribution in [3.63, 3.8) is 0 Å². The van der Waals surface area contributed by atoms with E-state index in [9.17, 15) is 9.59 Å². The molecule has 3 aromatic rings. The minimum atomic E-state index is -0.0154. The largest absolute Gasteiger partial charge is 0.340 e. The third-order valence-corrected chi connectivity index (χ3v) is 7.27. The first kappa shape index (κ1) is 23.3. The molecule has 2 aliphatic heterocycles. The van der Waals surface area contributed by atoms with Crippen LogP contribution >= 0.6 is 0 Å². The van der Waals surface area contributed by atoms with Crippen molar-refractivity contribution >= 4 is 17.5 Å². The van der Waals surface area contributed by atoms with E-state index >= 15 is 0 Å². The quantitative estimate of drug-likeness (QED) is 0.635. The number of fused-ring (bicyclic) bond motifs is 2. The SMILES string of the molecule is Cc1ccc2c(c1)Cc1c(cnn1C)CN2C(=O)c1ccc(CCC(=O)N2CCNCC2)c(C)c1. The van der Waals surface area contributed by atoms with Crippen molar-refractivity contribution in [1.29, 1.82) is 0 Å². The second-order valence-electron chi connectivity index (χ2n) is 9.71. The minimum absolute atomic E-state index is 0.0154. The maximum atomic E-state index is 13.8. The van der Waals surface area contributed by atoms with Crippen LogP contribution in [-0.4, -0.2) is 52.7 Å². The lowest BCUT2D eigenvalue weighted by Crippen LogP contribution is -2.46. The van der Waals surface area contributed by atoms with Crippen LogP contribution in [0, 0.1) is 13.8 Å². The summed E-state index contributed by atoms with van der Waals surface area (Å²) in [5.41, 5.74) is 8.33. The fourth-order valence-electron chi connectivity index (χ4n) is 5.18. The normalized spacial score (nSPS) is 15.4. The number of nitrogens with zero attached hydrogens (tertiary/aromatic N) is 4. The Morgan fingerprint density at radius 3 is 2.60 bits per heavy atom. The smallest absolute Gasteiger partial charge is 0.258 e. The molecular weight excluding hydrogens is 438 g/mol. The van der Waals surface area contributed by atoms with Crippen LogP contribution in [0.1, 0.15) is 50.3 Å². The average molecular weight is 472 g/mol. The zero-order chi connectivity index (χ0) is 24.5. The van der Waals surface area contributed by atoms with E-state index in [4.69, 9.17) is 0 Å². The second kappa shape index (κ2) is 9.66. The zero-order valence-corrected chi connectivity index (χ0v) is 20.8. The fourth-order valence-corrected chi connectivity index (χ4v) is 5.18. The van der Waals surface area contributed by atoms with E-state index < -0.39 is 0 Å². The summed E-state index contributed by atoms with van der Waals surface area (Å²) >= 11 is 0. The molecule has 7 nitrogen and oxygen atoms in total. The number of carbonyl (C=O) groups excluding carboxylic acids is 2. The van der Waals surface area contributed by atoms with Gasteiger partial charge >= 0.3 is 0 Å². The van der Waals surface area contributed by atoms with Gasteiger partial charge in [-0.3, -0.25) is 14.3 Å². The van der Waals surface area contributed by atoms with Crippen LogP contribution in [0.5, 0.6) is 0 Å². The molecule has 0 radical (unpaired) electrons. The molecule has 1 aromatic heterocycles. The molecule has 0 atom stereocenters. The monoisotopic (exact) mass is 471 g/mol. The Morgan fingerprint density at radius 2 is 1.83 bits per heavy atom. The fraction of sp³-hybridized carbons (Fsp3) is 0.393. The number of benzene rings is 2. The highest BCUT2D eigenvalue weighted by atomic mass is 16.2. The van der Waals surface area contributed by atoms with E-state index in [1.807, 2.05) is 52.8 Å². The lowest BCUT2D eigenvalue weighted by Gasteiger charge is -2.27. The van der Waals surface area contributed by atoms with Gasteiger partial charge in [-0.15, -0.1) is 0 Å². The van der Waals surface area contributed by atoms with Crippen LogP contribution in [0.15, 0.2) is 42.6 Å². The predicted molar refractivity (Wildman–Crippen MR) is 137 cm³/mol. The third kappa shape index (κ3) is 4.73. The molecule has 0 spiro atoms. The Balaban J connectivity index is 1.37. The first-order chi connectivity index (χ1) is 16.9. The zero-order valence-electron chi connectivity index (χ0n) is 20.8. The van der Waals surface area contributed by atoms with Gasteiger partial charge in [0.2, 0.25) is 5.91 Å². The highest BCUT2D eigenvalue weighted by molar-refractivity contribution is 6.06. The number of amides is 2. The van der Waals surface area contributed by atoms with Gasteiger partial charge in [0.05, 0.1) is 12.7 Å². The van der Waals surface area contributed by atoms with Gasteiger partial charge in [0, 0.05) is 68.6 Å². The van der Waals surface area contributed by atoms with E-state index in [-0.39, 0.29) is 11.8 Å². The molecule has 1 N–H and O–H groups in total. The van der Waals surface area contributed by atoms with Gasteiger partial charge in [-0.2, -0.15) is 5.10 Å².